The first kappa shape index (κ1) is 22.3. The van der Waals surface area contributed by atoms with E-state index in [1.807, 2.05) is 29.9 Å². The Hall–Kier alpha value is -2.90. The summed E-state index contributed by atoms with van der Waals surface area (Å²) in [7, 11) is 1.95. The molecular weight excluding hydrogens is 409 g/mol. The lowest BCUT2D eigenvalue weighted by Gasteiger charge is -2.27. The third-order valence-corrected chi connectivity index (χ3v) is 5.96. The number of benzene rings is 2. The Labute approximate surface area is 188 Å². The maximum atomic E-state index is 13.8. The van der Waals surface area contributed by atoms with Crippen molar-refractivity contribution >= 4 is 0 Å². The lowest BCUT2D eigenvalue weighted by atomic mass is 9.96. The van der Waals surface area contributed by atoms with E-state index in [0.29, 0.717) is 19.4 Å². The lowest BCUT2D eigenvalue weighted by molar-refractivity contribution is -0.0177. The van der Waals surface area contributed by atoms with Gasteiger partial charge in [-0.15, -0.1) is 0 Å². The van der Waals surface area contributed by atoms with Crippen molar-refractivity contribution in [3.63, 3.8) is 0 Å². The third-order valence-electron chi connectivity index (χ3n) is 5.96. The minimum absolute atomic E-state index is 0.101. The molecule has 1 aliphatic rings. The summed E-state index contributed by atoms with van der Waals surface area (Å²) in [5.74, 6) is 1.48. The highest BCUT2D eigenvalue weighted by Crippen LogP contribution is 2.26. The SMILES string of the molecule is Cn1ccnc1COc1ccc(CN2CCC[C@](O)(COc3ccccc3F)CC2)cc1. The molecule has 170 valence electrons. The molecule has 3 aromatic rings. The van der Waals surface area contributed by atoms with E-state index in [-0.39, 0.29) is 12.4 Å². The lowest BCUT2D eigenvalue weighted by Crippen LogP contribution is -2.37. The van der Waals surface area contributed by atoms with Gasteiger partial charge in [0.2, 0.25) is 0 Å². The standard InChI is InChI=1S/C25H30FN3O3/c1-28-16-13-27-24(28)18-31-21-9-7-20(8-10-21)17-29-14-4-11-25(30,12-15-29)19-32-23-6-3-2-5-22(23)26/h2-3,5-10,13,16,30H,4,11-12,14-15,17-19H2,1H3/t25-/m1/s1. The van der Waals surface area contributed by atoms with Crippen LogP contribution in [0.25, 0.3) is 0 Å². The summed E-state index contributed by atoms with van der Waals surface area (Å²) in [6.07, 6.45) is 5.75. The molecule has 0 bridgehead atoms. The molecule has 1 N–H and O–H groups in total. The highest BCUT2D eigenvalue weighted by molar-refractivity contribution is 5.27. The van der Waals surface area contributed by atoms with Crippen LogP contribution < -0.4 is 9.47 Å². The molecule has 2 heterocycles. The zero-order valence-corrected chi connectivity index (χ0v) is 18.4. The number of aromatic nitrogens is 2. The number of likely N-dealkylation sites (tertiary alicyclic amines) is 1. The Morgan fingerprint density at radius 2 is 1.88 bits per heavy atom. The molecular formula is C25H30FN3O3. The van der Waals surface area contributed by atoms with Gasteiger partial charge >= 0.3 is 0 Å². The van der Waals surface area contributed by atoms with Gasteiger partial charge in [-0.2, -0.15) is 0 Å². The van der Waals surface area contributed by atoms with Crippen LogP contribution in [0.2, 0.25) is 0 Å². The Kier molecular flexibility index (Phi) is 7.07. The van der Waals surface area contributed by atoms with Crippen molar-refractivity contribution in [1.29, 1.82) is 0 Å². The van der Waals surface area contributed by atoms with E-state index in [2.05, 4.69) is 22.0 Å². The number of imidazole rings is 1. The van der Waals surface area contributed by atoms with Crippen LogP contribution in [-0.4, -0.2) is 44.9 Å². The van der Waals surface area contributed by atoms with Gasteiger partial charge in [0.25, 0.3) is 0 Å². The predicted octanol–water partition coefficient (Wildman–Crippen LogP) is 3.93. The minimum Gasteiger partial charge on any atom is -0.488 e. The Bertz CT molecular complexity index is 1010. The number of aryl methyl sites for hydroxylation is 1. The summed E-state index contributed by atoms with van der Waals surface area (Å²) in [4.78, 5) is 6.60. The fraction of sp³-hybridized carbons (Fsp3) is 0.400. The number of ether oxygens (including phenoxy) is 2. The highest BCUT2D eigenvalue weighted by Gasteiger charge is 2.31. The predicted molar refractivity (Wildman–Crippen MR) is 120 cm³/mol. The first-order valence-corrected chi connectivity index (χ1v) is 11.0. The molecule has 0 amide bonds. The molecule has 1 aromatic heterocycles. The maximum Gasteiger partial charge on any atom is 0.165 e. The number of halogens is 1. The van der Waals surface area contributed by atoms with E-state index in [4.69, 9.17) is 9.47 Å². The van der Waals surface area contributed by atoms with Crippen LogP contribution in [-0.2, 0) is 20.2 Å². The monoisotopic (exact) mass is 439 g/mol. The molecule has 0 saturated carbocycles. The number of rotatable bonds is 8. The van der Waals surface area contributed by atoms with E-state index in [9.17, 15) is 9.50 Å². The second-order valence-corrected chi connectivity index (χ2v) is 8.46. The van der Waals surface area contributed by atoms with Crippen molar-refractivity contribution in [1.82, 2.24) is 14.5 Å². The molecule has 1 fully saturated rings. The smallest absolute Gasteiger partial charge is 0.165 e. The zero-order chi connectivity index (χ0) is 22.4. The molecule has 0 aliphatic carbocycles. The number of para-hydroxylation sites is 1. The summed E-state index contributed by atoms with van der Waals surface area (Å²) in [6, 6.07) is 14.4. The van der Waals surface area contributed by atoms with Crippen molar-refractivity contribution in [3.05, 3.63) is 78.1 Å². The molecule has 0 radical (unpaired) electrons. The third kappa shape index (κ3) is 5.87. The molecule has 0 spiro atoms. The van der Waals surface area contributed by atoms with Crippen LogP contribution in [0.4, 0.5) is 4.39 Å². The van der Waals surface area contributed by atoms with Crippen LogP contribution in [0.15, 0.2) is 60.9 Å². The van der Waals surface area contributed by atoms with Crippen molar-refractivity contribution < 1.29 is 19.0 Å². The summed E-state index contributed by atoms with van der Waals surface area (Å²) < 4.78 is 27.2. The van der Waals surface area contributed by atoms with Crippen molar-refractivity contribution in [3.8, 4) is 11.5 Å². The normalized spacial score (nSPS) is 19.5. The van der Waals surface area contributed by atoms with Gasteiger partial charge in [-0.25, -0.2) is 9.37 Å². The quantitative estimate of drug-likeness (QED) is 0.576. The van der Waals surface area contributed by atoms with Gasteiger partial charge in [-0.3, -0.25) is 4.90 Å². The summed E-state index contributed by atoms with van der Waals surface area (Å²) >= 11 is 0. The minimum atomic E-state index is -0.945. The number of hydrogen-bond donors (Lipinski definition) is 1. The van der Waals surface area contributed by atoms with E-state index in [0.717, 1.165) is 37.6 Å². The van der Waals surface area contributed by atoms with Crippen molar-refractivity contribution in [2.75, 3.05) is 19.7 Å². The molecule has 1 saturated heterocycles. The van der Waals surface area contributed by atoms with Crippen LogP contribution >= 0.6 is 0 Å². The molecule has 2 aromatic carbocycles. The average molecular weight is 440 g/mol. The number of hydrogen-bond acceptors (Lipinski definition) is 5. The van der Waals surface area contributed by atoms with Gasteiger partial charge in [0.15, 0.2) is 11.6 Å². The molecule has 7 heteroatoms. The molecule has 0 unspecified atom stereocenters. The highest BCUT2D eigenvalue weighted by atomic mass is 19.1. The van der Waals surface area contributed by atoms with Crippen LogP contribution in [0, 0.1) is 5.82 Å². The largest absolute Gasteiger partial charge is 0.488 e. The number of aliphatic hydroxyl groups is 1. The Morgan fingerprint density at radius 1 is 1.06 bits per heavy atom. The van der Waals surface area contributed by atoms with E-state index >= 15 is 0 Å². The fourth-order valence-electron chi connectivity index (χ4n) is 3.94. The fourth-order valence-corrected chi connectivity index (χ4v) is 3.94. The first-order chi connectivity index (χ1) is 15.5. The summed E-state index contributed by atoms with van der Waals surface area (Å²) in [5.41, 5.74) is 0.252. The topological polar surface area (TPSA) is 59.8 Å². The van der Waals surface area contributed by atoms with E-state index in [1.165, 1.54) is 11.6 Å². The Balaban J connectivity index is 1.26. The maximum absolute atomic E-state index is 13.8. The second-order valence-electron chi connectivity index (χ2n) is 8.46. The molecule has 4 rings (SSSR count). The van der Waals surface area contributed by atoms with Crippen molar-refractivity contribution in [2.45, 2.75) is 38.0 Å². The van der Waals surface area contributed by atoms with Crippen LogP contribution in [0.5, 0.6) is 11.5 Å². The molecule has 1 aliphatic heterocycles. The molecule has 6 nitrogen and oxygen atoms in total. The molecule has 32 heavy (non-hydrogen) atoms. The number of nitrogens with zero attached hydrogens (tertiary/aromatic N) is 3. The van der Waals surface area contributed by atoms with Gasteiger partial charge in [0.05, 0.1) is 5.60 Å². The first-order valence-electron chi connectivity index (χ1n) is 11.0. The second kappa shape index (κ2) is 10.1. The van der Waals surface area contributed by atoms with Gasteiger partial charge < -0.3 is 19.1 Å². The Morgan fingerprint density at radius 3 is 2.62 bits per heavy atom. The van der Waals surface area contributed by atoms with Gasteiger partial charge in [0, 0.05) is 32.5 Å². The van der Waals surface area contributed by atoms with Gasteiger partial charge in [-0.05, 0) is 55.6 Å². The van der Waals surface area contributed by atoms with Crippen molar-refractivity contribution in [2.24, 2.45) is 7.05 Å². The van der Waals surface area contributed by atoms with Gasteiger partial charge in [0.1, 0.15) is 24.8 Å². The average Bonchev–Trinajstić information content (AvgIpc) is 3.11. The van der Waals surface area contributed by atoms with Gasteiger partial charge in [-0.1, -0.05) is 24.3 Å². The zero-order valence-electron chi connectivity index (χ0n) is 18.4. The summed E-state index contributed by atoms with van der Waals surface area (Å²) in [5, 5.41) is 11.0. The van der Waals surface area contributed by atoms with E-state index in [1.54, 1.807) is 24.4 Å². The summed E-state index contributed by atoms with van der Waals surface area (Å²) in [6.45, 7) is 3.00. The van der Waals surface area contributed by atoms with Crippen LogP contribution in [0.3, 0.4) is 0 Å². The van der Waals surface area contributed by atoms with Crippen LogP contribution in [0.1, 0.15) is 30.7 Å². The molecule has 1 atom stereocenters. The van der Waals surface area contributed by atoms with E-state index < -0.39 is 11.4 Å².